The van der Waals surface area contributed by atoms with Crippen LogP contribution in [-0.2, 0) is 0 Å². The van der Waals surface area contributed by atoms with Crippen molar-refractivity contribution in [2.45, 2.75) is 18.8 Å². The first kappa shape index (κ1) is 12.7. The van der Waals surface area contributed by atoms with Crippen LogP contribution >= 0.6 is 24.0 Å². The van der Waals surface area contributed by atoms with Gasteiger partial charge < -0.3 is 10.3 Å². The number of rotatable bonds is 1. The van der Waals surface area contributed by atoms with E-state index in [2.05, 4.69) is 22.6 Å². The second-order valence-electron chi connectivity index (χ2n) is 4.43. The van der Waals surface area contributed by atoms with Crippen molar-refractivity contribution in [3.63, 3.8) is 0 Å². The molecule has 0 bridgehead atoms. The third-order valence-corrected chi connectivity index (χ3v) is 3.79. The first-order valence-corrected chi connectivity index (χ1v) is 6.20. The number of fused-ring (bicyclic) bond motifs is 1. The van der Waals surface area contributed by atoms with Crippen LogP contribution in [0.15, 0.2) is 24.4 Å². The Hall–Kier alpha value is -0.700. The fraction of sp³-hybridized carbons (Fsp3) is 0.385. The second-order valence-corrected chi connectivity index (χ2v) is 4.84. The van der Waals surface area contributed by atoms with Gasteiger partial charge in [-0.3, -0.25) is 0 Å². The lowest BCUT2D eigenvalue weighted by atomic mass is 9.90. The summed E-state index contributed by atoms with van der Waals surface area (Å²) in [6.07, 6.45) is 4.57. The Kier molecular flexibility index (Phi) is 3.97. The fourth-order valence-electron chi connectivity index (χ4n) is 2.61. The molecule has 2 N–H and O–H groups in total. The van der Waals surface area contributed by atoms with Gasteiger partial charge in [0.2, 0.25) is 0 Å². The highest BCUT2D eigenvalue weighted by Gasteiger charge is 2.18. The predicted molar refractivity (Wildman–Crippen MR) is 75.4 cm³/mol. The van der Waals surface area contributed by atoms with E-state index in [1.807, 2.05) is 12.1 Å². The molecular formula is C13H16Cl2N2. The number of nitrogens with one attached hydrogen (secondary N) is 2. The second kappa shape index (κ2) is 5.30. The standard InChI is InChI=1S/C13H15ClN2.ClH/c14-12-3-1-2-10-11(8-16-13(10)12)9-4-6-15-7-5-9;/h1-3,8-9,15-16H,4-7H2;1H. The van der Waals surface area contributed by atoms with Gasteiger partial charge in [-0.05, 0) is 43.5 Å². The summed E-state index contributed by atoms with van der Waals surface area (Å²) < 4.78 is 0. The van der Waals surface area contributed by atoms with E-state index < -0.39 is 0 Å². The number of H-pyrrole nitrogens is 1. The molecule has 0 atom stereocenters. The van der Waals surface area contributed by atoms with Gasteiger partial charge in [-0.1, -0.05) is 23.7 Å². The number of piperidine rings is 1. The molecule has 1 aliphatic rings. The number of hydrogen-bond donors (Lipinski definition) is 2. The fourth-order valence-corrected chi connectivity index (χ4v) is 2.84. The van der Waals surface area contributed by atoms with Crippen LogP contribution in [0.25, 0.3) is 10.9 Å². The maximum atomic E-state index is 6.17. The minimum atomic E-state index is 0. The number of benzene rings is 1. The van der Waals surface area contributed by atoms with E-state index >= 15 is 0 Å². The van der Waals surface area contributed by atoms with Crippen molar-refractivity contribution in [1.29, 1.82) is 0 Å². The van der Waals surface area contributed by atoms with Crippen molar-refractivity contribution in [2.24, 2.45) is 0 Å². The van der Waals surface area contributed by atoms with Crippen molar-refractivity contribution >= 4 is 34.9 Å². The molecule has 1 aliphatic heterocycles. The summed E-state index contributed by atoms with van der Waals surface area (Å²) in [5.74, 6) is 0.675. The van der Waals surface area contributed by atoms with Gasteiger partial charge in [-0.15, -0.1) is 12.4 Å². The molecule has 0 unspecified atom stereocenters. The van der Waals surface area contributed by atoms with Crippen molar-refractivity contribution in [3.8, 4) is 0 Å². The number of halogens is 2. The number of hydrogen-bond acceptors (Lipinski definition) is 1. The van der Waals surface area contributed by atoms with Gasteiger partial charge in [-0.2, -0.15) is 0 Å². The average Bonchev–Trinajstić information content (AvgIpc) is 2.75. The van der Waals surface area contributed by atoms with Crippen molar-refractivity contribution in [2.75, 3.05) is 13.1 Å². The molecule has 3 rings (SSSR count). The van der Waals surface area contributed by atoms with E-state index in [9.17, 15) is 0 Å². The van der Waals surface area contributed by atoms with Crippen LogP contribution < -0.4 is 5.32 Å². The zero-order chi connectivity index (χ0) is 11.0. The van der Waals surface area contributed by atoms with E-state index in [0.717, 1.165) is 23.6 Å². The Morgan fingerprint density at radius 2 is 1.94 bits per heavy atom. The lowest BCUT2D eigenvalue weighted by molar-refractivity contribution is 0.462. The largest absolute Gasteiger partial charge is 0.360 e. The first-order valence-electron chi connectivity index (χ1n) is 5.82. The predicted octanol–water partition coefficient (Wildman–Crippen LogP) is 3.71. The Balaban J connectivity index is 0.00000108. The van der Waals surface area contributed by atoms with Crippen LogP contribution in [0.4, 0.5) is 0 Å². The zero-order valence-electron chi connectivity index (χ0n) is 9.50. The van der Waals surface area contributed by atoms with E-state index in [-0.39, 0.29) is 12.4 Å². The van der Waals surface area contributed by atoms with Crippen LogP contribution in [0.5, 0.6) is 0 Å². The molecule has 1 aromatic heterocycles. The third kappa shape index (κ3) is 2.30. The van der Waals surface area contributed by atoms with E-state index in [4.69, 9.17) is 11.6 Å². The van der Waals surface area contributed by atoms with Crippen LogP contribution in [-0.4, -0.2) is 18.1 Å². The van der Waals surface area contributed by atoms with Crippen molar-refractivity contribution in [1.82, 2.24) is 10.3 Å². The quantitative estimate of drug-likeness (QED) is 0.813. The number of aromatic nitrogens is 1. The average molecular weight is 271 g/mol. The SMILES string of the molecule is Cl.Clc1cccc2c(C3CCNCC3)c[nH]c12. The van der Waals surface area contributed by atoms with Gasteiger partial charge >= 0.3 is 0 Å². The molecule has 0 amide bonds. The van der Waals surface area contributed by atoms with E-state index in [1.165, 1.54) is 23.8 Å². The molecule has 4 heteroatoms. The minimum absolute atomic E-state index is 0. The monoisotopic (exact) mass is 270 g/mol. The highest BCUT2D eigenvalue weighted by Crippen LogP contribution is 2.33. The minimum Gasteiger partial charge on any atom is -0.360 e. The summed E-state index contributed by atoms with van der Waals surface area (Å²) >= 11 is 6.17. The van der Waals surface area contributed by atoms with E-state index in [0.29, 0.717) is 5.92 Å². The molecule has 0 saturated carbocycles. The molecule has 0 aliphatic carbocycles. The van der Waals surface area contributed by atoms with Gasteiger partial charge in [0.1, 0.15) is 0 Å². The Morgan fingerprint density at radius 1 is 1.18 bits per heavy atom. The third-order valence-electron chi connectivity index (χ3n) is 3.48. The summed E-state index contributed by atoms with van der Waals surface area (Å²) in [5, 5.41) is 5.51. The van der Waals surface area contributed by atoms with Crippen LogP contribution in [0.1, 0.15) is 24.3 Å². The topological polar surface area (TPSA) is 27.8 Å². The van der Waals surface area contributed by atoms with Gasteiger partial charge in [0.05, 0.1) is 10.5 Å². The molecule has 1 fully saturated rings. The smallest absolute Gasteiger partial charge is 0.0647 e. The molecule has 17 heavy (non-hydrogen) atoms. The number of para-hydroxylation sites is 1. The van der Waals surface area contributed by atoms with Crippen molar-refractivity contribution in [3.05, 3.63) is 35.0 Å². The Labute approximate surface area is 112 Å². The summed E-state index contributed by atoms with van der Waals surface area (Å²) in [6, 6.07) is 6.13. The zero-order valence-corrected chi connectivity index (χ0v) is 11.1. The summed E-state index contributed by atoms with van der Waals surface area (Å²) in [6.45, 7) is 2.25. The number of aromatic amines is 1. The van der Waals surface area contributed by atoms with Crippen molar-refractivity contribution < 1.29 is 0 Å². The highest BCUT2D eigenvalue weighted by atomic mass is 35.5. The molecule has 0 spiro atoms. The molecule has 2 heterocycles. The Bertz CT molecular complexity index is 501. The summed E-state index contributed by atoms with van der Waals surface area (Å²) in [4.78, 5) is 3.30. The lowest BCUT2D eigenvalue weighted by Gasteiger charge is -2.22. The van der Waals surface area contributed by atoms with Gasteiger partial charge in [0, 0.05) is 11.6 Å². The highest BCUT2D eigenvalue weighted by molar-refractivity contribution is 6.35. The molecule has 92 valence electrons. The molecular weight excluding hydrogens is 255 g/mol. The van der Waals surface area contributed by atoms with Crippen LogP contribution in [0.2, 0.25) is 5.02 Å². The molecule has 0 radical (unpaired) electrons. The maximum absolute atomic E-state index is 6.17. The van der Waals surface area contributed by atoms with Crippen LogP contribution in [0.3, 0.4) is 0 Å². The lowest BCUT2D eigenvalue weighted by Crippen LogP contribution is -2.26. The maximum Gasteiger partial charge on any atom is 0.0647 e. The Morgan fingerprint density at radius 3 is 2.71 bits per heavy atom. The normalized spacial score (nSPS) is 17.0. The van der Waals surface area contributed by atoms with Crippen LogP contribution in [0, 0.1) is 0 Å². The van der Waals surface area contributed by atoms with Gasteiger partial charge in [-0.25, -0.2) is 0 Å². The summed E-state index contributed by atoms with van der Waals surface area (Å²) in [7, 11) is 0. The van der Waals surface area contributed by atoms with Gasteiger partial charge in [0.15, 0.2) is 0 Å². The van der Waals surface area contributed by atoms with E-state index in [1.54, 1.807) is 0 Å². The first-order chi connectivity index (χ1) is 7.86. The van der Waals surface area contributed by atoms with Gasteiger partial charge in [0.25, 0.3) is 0 Å². The molecule has 2 nitrogen and oxygen atoms in total. The molecule has 1 aromatic carbocycles. The molecule has 1 saturated heterocycles. The molecule has 2 aromatic rings. The summed E-state index contributed by atoms with van der Waals surface area (Å²) in [5.41, 5.74) is 2.51.